The van der Waals surface area contributed by atoms with Crippen LogP contribution >= 0.6 is 11.3 Å². The van der Waals surface area contributed by atoms with Crippen LogP contribution < -0.4 is 5.43 Å². The van der Waals surface area contributed by atoms with Crippen molar-refractivity contribution >= 4 is 45.6 Å². The third-order valence-electron chi connectivity index (χ3n) is 3.36. The summed E-state index contributed by atoms with van der Waals surface area (Å²) in [5.74, 6) is 0.365. The second-order valence-electron chi connectivity index (χ2n) is 4.84. The van der Waals surface area contributed by atoms with Gasteiger partial charge in [-0.2, -0.15) is 10.1 Å². The van der Waals surface area contributed by atoms with Crippen LogP contribution in [0.15, 0.2) is 40.8 Å². The summed E-state index contributed by atoms with van der Waals surface area (Å²) in [5, 5.41) is 15.5. The normalized spacial score (nSPS) is 11.7. The minimum Gasteiger partial charge on any atom is -0.337 e. The number of nitrogens with zero attached hydrogens (tertiary/aromatic N) is 4. The predicted molar refractivity (Wildman–Crippen MR) is 89.5 cm³/mol. The van der Waals surface area contributed by atoms with E-state index in [4.69, 9.17) is 0 Å². The number of benzene rings is 1. The Labute approximate surface area is 129 Å². The number of H-pyrrole nitrogens is 1. The van der Waals surface area contributed by atoms with Crippen LogP contribution in [0.5, 0.6) is 0 Å². The van der Waals surface area contributed by atoms with Crippen molar-refractivity contribution in [2.24, 2.45) is 5.10 Å². The summed E-state index contributed by atoms with van der Waals surface area (Å²) in [7, 11) is 0. The van der Waals surface area contributed by atoms with Gasteiger partial charge in [0.15, 0.2) is 5.65 Å². The Bertz CT molecular complexity index is 970. The molecular weight excluding hydrogens is 296 g/mol. The molecular formula is C15H12N6S. The summed E-state index contributed by atoms with van der Waals surface area (Å²) >= 11 is 1.61. The number of nitrogens with one attached hydrogen (secondary N) is 2. The Hall–Kier alpha value is -2.80. The minimum absolute atomic E-state index is 0.365. The predicted octanol–water partition coefficient (Wildman–Crippen LogP) is 3.32. The molecule has 4 rings (SSSR count). The fourth-order valence-electron chi connectivity index (χ4n) is 2.31. The van der Waals surface area contributed by atoms with E-state index in [-0.39, 0.29) is 0 Å². The number of fused-ring (bicyclic) bond motifs is 3. The van der Waals surface area contributed by atoms with Gasteiger partial charge in [0.1, 0.15) is 5.52 Å². The van der Waals surface area contributed by atoms with Gasteiger partial charge in [-0.1, -0.05) is 24.3 Å². The van der Waals surface area contributed by atoms with Gasteiger partial charge in [-0.25, -0.2) is 5.43 Å². The molecule has 0 radical (unpaired) electrons. The first-order chi connectivity index (χ1) is 10.8. The van der Waals surface area contributed by atoms with Gasteiger partial charge in [-0.3, -0.25) is 0 Å². The highest BCUT2D eigenvalue weighted by Gasteiger charge is 2.09. The van der Waals surface area contributed by atoms with Gasteiger partial charge >= 0.3 is 0 Å². The maximum atomic E-state index is 4.42. The lowest BCUT2D eigenvalue weighted by Crippen LogP contribution is -1.98. The second-order valence-corrected chi connectivity index (χ2v) is 5.82. The Morgan fingerprint density at radius 3 is 3.05 bits per heavy atom. The zero-order valence-corrected chi connectivity index (χ0v) is 12.6. The van der Waals surface area contributed by atoms with Crippen molar-refractivity contribution in [1.82, 2.24) is 20.2 Å². The summed E-state index contributed by atoms with van der Waals surface area (Å²) in [5.41, 5.74) is 6.47. The van der Waals surface area contributed by atoms with E-state index < -0.39 is 0 Å². The average molecular weight is 308 g/mol. The van der Waals surface area contributed by atoms with Gasteiger partial charge in [-0.15, -0.1) is 21.5 Å². The summed E-state index contributed by atoms with van der Waals surface area (Å²) in [6, 6.07) is 10.0. The molecule has 6 nitrogen and oxygen atoms in total. The van der Waals surface area contributed by atoms with Crippen molar-refractivity contribution in [2.45, 2.75) is 6.92 Å². The Morgan fingerprint density at radius 1 is 1.23 bits per heavy atom. The molecule has 2 N–H and O–H groups in total. The topological polar surface area (TPSA) is 78.9 Å². The quantitative estimate of drug-likeness (QED) is 0.449. The van der Waals surface area contributed by atoms with Crippen molar-refractivity contribution in [3.8, 4) is 0 Å². The third-order valence-corrected chi connectivity index (χ3v) is 4.16. The largest absolute Gasteiger partial charge is 0.337 e. The fraction of sp³-hybridized carbons (Fsp3) is 0.0667. The summed E-state index contributed by atoms with van der Waals surface area (Å²) < 4.78 is 0. The smallest absolute Gasteiger partial charge is 0.265 e. The zero-order valence-electron chi connectivity index (χ0n) is 11.7. The van der Waals surface area contributed by atoms with Gasteiger partial charge in [0, 0.05) is 10.3 Å². The van der Waals surface area contributed by atoms with Gasteiger partial charge in [0.25, 0.3) is 5.95 Å². The summed E-state index contributed by atoms with van der Waals surface area (Å²) in [6.45, 7) is 2.05. The number of para-hydroxylation sites is 1. The van der Waals surface area contributed by atoms with Crippen LogP contribution in [0, 0.1) is 6.92 Å². The number of thiophene rings is 1. The van der Waals surface area contributed by atoms with Crippen molar-refractivity contribution in [3.05, 3.63) is 46.2 Å². The number of hydrogen-bond donors (Lipinski definition) is 2. The van der Waals surface area contributed by atoms with Gasteiger partial charge in [0.2, 0.25) is 0 Å². The van der Waals surface area contributed by atoms with E-state index in [9.17, 15) is 0 Å². The number of aromatic nitrogens is 4. The number of hydrogen-bond acceptors (Lipinski definition) is 6. The molecule has 0 bridgehead atoms. The van der Waals surface area contributed by atoms with E-state index in [0.717, 1.165) is 26.9 Å². The Morgan fingerprint density at radius 2 is 2.18 bits per heavy atom. The molecule has 0 atom stereocenters. The molecule has 7 heteroatoms. The lowest BCUT2D eigenvalue weighted by atomic mass is 10.1. The van der Waals surface area contributed by atoms with E-state index in [2.05, 4.69) is 43.7 Å². The van der Waals surface area contributed by atoms with Crippen LogP contribution in [0.4, 0.5) is 5.95 Å². The van der Waals surface area contributed by atoms with Crippen LogP contribution in [0.25, 0.3) is 22.1 Å². The Kier molecular flexibility index (Phi) is 3.05. The molecule has 0 aliphatic heterocycles. The maximum absolute atomic E-state index is 4.42. The van der Waals surface area contributed by atoms with E-state index in [1.54, 1.807) is 17.6 Å². The number of rotatable bonds is 3. The van der Waals surface area contributed by atoms with E-state index in [1.165, 1.54) is 0 Å². The molecule has 0 saturated heterocycles. The Balaban J connectivity index is 1.68. The summed E-state index contributed by atoms with van der Waals surface area (Å²) in [6.07, 6.45) is 1.73. The van der Waals surface area contributed by atoms with Gasteiger partial charge in [0.05, 0.1) is 11.7 Å². The molecule has 0 spiro atoms. The molecule has 0 aliphatic rings. The molecule has 4 aromatic rings. The number of aryl methyl sites for hydroxylation is 1. The first-order valence-electron chi connectivity index (χ1n) is 6.75. The molecule has 0 saturated carbocycles. The van der Waals surface area contributed by atoms with E-state index in [0.29, 0.717) is 11.6 Å². The van der Waals surface area contributed by atoms with Crippen molar-refractivity contribution in [2.75, 3.05) is 5.43 Å². The summed E-state index contributed by atoms with van der Waals surface area (Å²) in [4.78, 5) is 8.77. The monoisotopic (exact) mass is 308 g/mol. The van der Waals surface area contributed by atoms with Crippen molar-refractivity contribution in [3.63, 3.8) is 0 Å². The zero-order chi connectivity index (χ0) is 14.9. The first-order valence-corrected chi connectivity index (χ1v) is 7.63. The van der Waals surface area contributed by atoms with Crippen molar-refractivity contribution < 1.29 is 0 Å². The SMILES string of the molecule is Cc1cccc2c1[nH]c1nc(N/N=C/c3cccs3)nnc12. The fourth-order valence-corrected chi connectivity index (χ4v) is 2.89. The highest BCUT2D eigenvalue weighted by Crippen LogP contribution is 2.24. The lowest BCUT2D eigenvalue weighted by Gasteiger charge is -1.96. The lowest BCUT2D eigenvalue weighted by molar-refractivity contribution is 1.01. The number of anilines is 1. The highest BCUT2D eigenvalue weighted by atomic mass is 32.1. The molecule has 22 heavy (non-hydrogen) atoms. The van der Waals surface area contributed by atoms with E-state index >= 15 is 0 Å². The third kappa shape index (κ3) is 2.21. The average Bonchev–Trinajstić information content (AvgIpc) is 3.15. The number of hydrazone groups is 1. The van der Waals surface area contributed by atoms with Crippen LogP contribution in [0.2, 0.25) is 0 Å². The van der Waals surface area contributed by atoms with Crippen LogP contribution in [0.3, 0.4) is 0 Å². The molecule has 3 aromatic heterocycles. The standard InChI is InChI=1S/C15H12N6S/c1-9-4-2-6-11-12(9)17-14-13(11)19-21-15(18-14)20-16-8-10-5-3-7-22-10/h2-8H,1H3,(H2,17,18,20,21)/b16-8+. The van der Waals surface area contributed by atoms with Gasteiger partial charge < -0.3 is 4.98 Å². The van der Waals surface area contributed by atoms with Gasteiger partial charge in [-0.05, 0) is 23.9 Å². The second kappa shape index (κ2) is 5.19. The van der Waals surface area contributed by atoms with Crippen molar-refractivity contribution in [1.29, 1.82) is 0 Å². The van der Waals surface area contributed by atoms with Crippen LogP contribution in [-0.4, -0.2) is 26.4 Å². The molecule has 1 aromatic carbocycles. The van der Waals surface area contributed by atoms with Crippen LogP contribution in [0.1, 0.15) is 10.4 Å². The molecule has 0 aliphatic carbocycles. The molecule has 108 valence electrons. The molecule has 3 heterocycles. The molecule has 0 fully saturated rings. The number of aromatic amines is 1. The molecule has 0 unspecified atom stereocenters. The molecule has 0 amide bonds. The highest BCUT2D eigenvalue weighted by molar-refractivity contribution is 7.11. The van der Waals surface area contributed by atoms with Crippen LogP contribution in [-0.2, 0) is 0 Å². The minimum atomic E-state index is 0.365. The first kappa shape index (κ1) is 12.9. The maximum Gasteiger partial charge on any atom is 0.265 e. The van der Waals surface area contributed by atoms with E-state index in [1.807, 2.05) is 29.6 Å².